The number of benzene rings is 2. The van der Waals surface area contributed by atoms with E-state index in [4.69, 9.17) is 5.73 Å². The van der Waals surface area contributed by atoms with Gasteiger partial charge in [-0.25, -0.2) is 0 Å². The molecular formula is C17H19NO. The van der Waals surface area contributed by atoms with E-state index in [0.717, 1.165) is 12.3 Å². The zero-order chi connectivity index (χ0) is 13.2. The van der Waals surface area contributed by atoms with E-state index < -0.39 is 0 Å². The Balaban J connectivity index is 1.91. The number of nitrogens with two attached hydrogens (primary N) is 1. The fraction of sp³-hybridized carbons (Fsp3) is 0.353. The van der Waals surface area contributed by atoms with Gasteiger partial charge in [0.15, 0.2) is 0 Å². The summed E-state index contributed by atoms with van der Waals surface area (Å²) >= 11 is 0. The Kier molecular flexibility index (Phi) is 3.24. The number of rotatable bonds is 5. The largest absolute Gasteiger partial charge is 0.370 e. The minimum Gasteiger partial charge on any atom is -0.370 e. The standard InChI is InChI=1S/C17H19NO/c18-17(19)11-16(9-12-5-6-12)15-8-7-13-3-1-2-4-14(13)10-15/h1-4,7-8,10,12,16H,5-6,9,11H2,(H2,18,19). The van der Waals surface area contributed by atoms with Crippen LogP contribution in [0.4, 0.5) is 0 Å². The molecule has 2 N–H and O–H groups in total. The second-order valence-electron chi connectivity index (χ2n) is 5.65. The molecule has 0 saturated heterocycles. The van der Waals surface area contributed by atoms with E-state index >= 15 is 0 Å². The van der Waals surface area contributed by atoms with Gasteiger partial charge in [0.25, 0.3) is 0 Å². The van der Waals surface area contributed by atoms with Gasteiger partial charge in [-0.2, -0.15) is 0 Å². The lowest BCUT2D eigenvalue weighted by atomic mass is 9.89. The summed E-state index contributed by atoms with van der Waals surface area (Å²) < 4.78 is 0. The fourth-order valence-electron chi connectivity index (χ4n) is 2.80. The molecule has 3 rings (SSSR count). The maximum Gasteiger partial charge on any atom is 0.218 e. The molecule has 2 aromatic carbocycles. The van der Waals surface area contributed by atoms with Crippen molar-refractivity contribution in [2.75, 3.05) is 0 Å². The van der Waals surface area contributed by atoms with Crippen molar-refractivity contribution >= 4 is 16.7 Å². The van der Waals surface area contributed by atoms with Gasteiger partial charge in [-0.3, -0.25) is 4.79 Å². The van der Waals surface area contributed by atoms with E-state index in [1.54, 1.807) is 0 Å². The molecule has 1 aliphatic rings. The van der Waals surface area contributed by atoms with Crippen molar-refractivity contribution in [1.29, 1.82) is 0 Å². The summed E-state index contributed by atoms with van der Waals surface area (Å²) in [4.78, 5) is 11.3. The van der Waals surface area contributed by atoms with Crippen molar-refractivity contribution < 1.29 is 4.79 Å². The third-order valence-corrected chi connectivity index (χ3v) is 4.01. The monoisotopic (exact) mass is 253 g/mol. The molecule has 1 aliphatic carbocycles. The highest BCUT2D eigenvalue weighted by molar-refractivity contribution is 5.83. The summed E-state index contributed by atoms with van der Waals surface area (Å²) in [5.41, 5.74) is 6.65. The minimum absolute atomic E-state index is 0.196. The predicted molar refractivity (Wildman–Crippen MR) is 77.8 cm³/mol. The second-order valence-corrected chi connectivity index (χ2v) is 5.65. The Hall–Kier alpha value is -1.83. The molecular weight excluding hydrogens is 234 g/mol. The van der Waals surface area contributed by atoms with E-state index in [0.29, 0.717) is 6.42 Å². The van der Waals surface area contributed by atoms with E-state index in [1.807, 2.05) is 6.07 Å². The minimum atomic E-state index is -0.196. The van der Waals surface area contributed by atoms with Crippen LogP contribution in [0.5, 0.6) is 0 Å². The van der Waals surface area contributed by atoms with E-state index in [-0.39, 0.29) is 11.8 Å². The maximum absolute atomic E-state index is 11.3. The first-order valence-corrected chi connectivity index (χ1v) is 6.99. The first-order valence-electron chi connectivity index (χ1n) is 6.99. The summed E-state index contributed by atoms with van der Waals surface area (Å²) in [7, 11) is 0. The summed E-state index contributed by atoms with van der Waals surface area (Å²) in [6.45, 7) is 0. The average molecular weight is 253 g/mol. The Bertz CT molecular complexity index is 601. The summed E-state index contributed by atoms with van der Waals surface area (Å²) in [6.07, 6.45) is 4.18. The first-order chi connectivity index (χ1) is 9.22. The van der Waals surface area contributed by atoms with Crippen LogP contribution in [0.15, 0.2) is 42.5 Å². The lowest BCUT2D eigenvalue weighted by Gasteiger charge is -2.16. The lowest BCUT2D eigenvalue weighted by Crippen LogP contribution is -2.15. The smallest absolute Gasteiger partial charge is 0.218 e. The molecule has 2 heteroatoms. The highest BCUT2D eigenvalue weighted by Gasteiger charge is 2.27. The number of amides is 1. The Morgan fingerprint density at radius 2 is 1.89 bits per heavy atom. The molecule has 98 valence electrons. The molecule has 0 radical (unpaired) electrons. The van der Waals surface area contributed by atoms with Crippen molar-refractivity contribution in [2.45, 2.75) is 31.6 Å². The van der Waals surface area contributed by atoms with Crippen LogP contribution in [-0.4, -0.2) is 5.91 Å². The number of fused-ring (bicyclic) bond motifs is 1. The number of hydrogen-bond acceptors (Lipinski definition) is 1. The van der Waals surface area contributed by atoms with Crippen LogP contribution < -0.4 is 5.73 Å². The van der Waals surface area contributed by atoms with Crippen LogP contribution in [0.3, 0.4) is 0 Å². The zero-order valence-electron chi connectivity index (χ0n) is 11.0. The van der Waals surface area contributed by atoms with Crippen molar-refractivity contribution in [2.24, 2.45) is 11.7 Å². The van der Waals surface area contributed by atoms with Gasteiger partial charge in [-0.1, -0.05) is 55.3 Å². The molecule has 0 aliphatic heterocycles. The van der Waals surface area contributed by atoms with Crippen LogP contribution in [-0.2, 0) is 4.79 Å². The Labute approximate surface area is 113 Å². The third kappa shape index (κ3) is 2.95. The SMILES string of the molecule is NC(=O)CC(CC1CC1)c1ccc2ccccc2c1. The van der Waals surface area contributed by atoms with E-state index in [1.165, 1.54) is 29.2 Å². The van der Waals surface area contributed by atoms with Gasteiger partial charge in [0.05, 0.1) is 0 Å². The molecule has 2 nitrogen and oxygen atoms in total. The quantitative estimate of drug-likeness (QED) is 0.869. The van der Waals surface area contributed by atoms with Crippen LogP contribution >= 0.6 is 0 Å². The highest BCUT2D eigenvalue weighted by atomic mass is 16.1. The topological polar surface area (TPSA) is 43.1 Å². The van der Waals surface area contributed by atoms with Gasteiger partial charge < -0.3 is 5.73 Å². The Morgan fingerprint density at radius 1 is 1.16 bits per heavy atom. The average Bonchev–Trinajstić information content (AvgIpc) is 3.21. The maximum atomic E-state index is 11.3. The van der Waals surface area contributed by atoms with Gasteiger partial charge in [0.1, 0.15) is 0 Å². The molecule has 1 atom stereocenters. The van der Waals surface area contributed by atoms with E-state index in [2.05, 4.69) is 36.4 Å². The number of carbonyl (C=O) groups excluding carboxylic acids is 1. The Morgan fingerprint density at radius 3 is 2.58 bits per heavy atom. The normalized spacial score (nSPS) is 16.4. The van der Waals surface area contributed by atoms with Gasteiger partial charge in [0, 0.05) is 6.42 Å². The molecule has 2 aromatic rings. The number of primary amides is 1. The molecule has 1 saturated carbocycles. The van der Waals surface area contributed by atoms with Crippen LogP contribution in [0, 0.1) is 5.92 Å². The molecule has 0 heterocycles. The van der Waals surface area contributed by atoms with Gasteiger partial charge >= 0.3 is 0 Å². The molecule has 0 spiro atoms. The first kappa shape index (κ1) is 12.2. The van der Waals surface area contributed by atoms with Crippen molar-refractivity contribution in [3.05, 3.63) is 48.0 Å². The lowest BCUT2D eigenvalue weighted by molar-refractivity contribution is -0.118. The molecule has 19 heavy (non-hydrogen) atoms. The second kappa shape index (κ2) is 5.04. The van der Waals surface area contributed by atoms with Gasteiger partial charge in [-0.15, -0.1) is 0 Å². The van der Waals surface area contributed by atoms with Crippen molar-refractivity contribution in [1.82, 2.24) is 0 Å². The van der Waals surface area contributed by atoms with Crippen LogP contribution in [0.25, 0.3) is 10.8 Å². The van der Waals surface area contributed by atoms with Gasteiger partial charge in [-0.05, 0) is 34.6 Å². The molecule has 0 aromatic heterocycles. The number of hydrogen-bond donors (Lipinski definition) is 1. The predicted octanol–water partition coefficient (Wildman–Crippen LogP) is 3.60. The van der Waals surface area contributed by atoms with E-state index in [9.17, 15) is 4.79 Å². The summed E-state index contributed by atoms with van der Waals surface area (Å²) in [5, 5.41) is 2.49. The zero-order valence-corrected chi connectivity index (χ0v) is 11.0. The molecule has 0 bridgehead atoms. The summed E-state index contributed by atoms with van der Waals surface area (Å²) in [6, 6.07) is 14.8. The third-order valence-electron chi connectivity index (χ3n) is 4.01. The van der Waals surface area contributed by atoms with Crippen molar-refractivity contribution in [3.63, 3.8) is 0 Å². The fourth-order valence-corrected chi connectivity index (χ4v) is 2.80. The van der Waals surface area contributed by atoms with Crippen LogP contribution in [0.1, 0.15) is 37.2 Å². The molecule has 1 fully saturated rings. The number of carbonyl (C=O) groups is 1. The van der Waals surface area contributed by atoms with Gasteiger partial charge in [0.2, 0.25) is 5.91 Å². The van der Waals surface area contributed by atoms with Crippen molar-refractivity contribution in [3.8, 4) is 0 Å². The molecule has 1 amide bonds. The highest BCUT2D eigenvalue weighted by Crippen LogP contribution is 2.40. The van der Waals surface area contributed by atoms with Crippen LogP contribution in [0.2, 0.25) is 0 Å². The summed E-state index contributed by atoms with van der Waals surface area (Å²) in [5.74, 6) is 0.893. The molecule has 1 unspecified atom stereocenters.